The highest BCUT2D eigenvalue weighted by atomic mass is 32.3. The summed E-state index contributed by atoms with van der Waals surface area (Å²) in [6, 6.07) is 0. The van der Waals surface area contributed by atoms with Gasteiger partial charge in [0.25, 0.3) is 0 Å². The molecule has 6 unspecified atom stereocenters. The first-order chi connectivity index (χ1) is 32.1. The Balaban J connectivity index is 2.31. The Hall–Kier alpha value is -1.16. The smallest absolute Gasteiger partial charge is 0.397 e. The molecule has 4 N–H and O–H groups in total. The molecule has 1 heterocycles. The summed E-state index contributed by atoms with van der Waals surface area (Å²) in [6.45, 7) is 4.04. The summed E-state index contributed by atoms with van der Waals surface area (Å²) in [7, 11) is -5.06. The molecule has 1 fully saturated rings. The molecule has 1 saturated heterocycles. The Bertz CT molecular complexity index is 1200. The minimum Gasteiger partial charge on any atom is -0.457 e. The zero-order valence-electron chi connectivity index (χ0n) is 42.3. The van der Waals surface area contributed by atoms with Gasteiger partial charge in [0.1, 0.15) is 30.5 Å². The SMILES string of the molecule is CCCCCCCC/C=C\CCCCCCCCCCOCC(COC1OC(CO)C(O)C(OS(=O)(=O)O)C1O)OC(=O)CCCCCCCCCCCCCCCCCCCCCCC. The molecule has 0 amide bonds. The number of hydrogen-bond donors (Lipinski definition) is 4. The minimum absolute atomic E-state index is 0.0400. The van der Waals surface area contributed by atoms with Crippen LogP contribution >= 0.6 is 0 Å². The van der Waals surface area contributed by atoms with Crippen molar-refractivity contribution in [2.45, 2.75) is 295 Å². The molecular formula is C53H102O12S. The molecule has 0 aliphatic carbocycles. The van der Waals surface area contributed by atoms with Gasteiger partial charge in [0.15, 0.2) is 6.29 Å². The third kappa shape index (κ3) is 37.7. The number of rotatable bonds is 49. The van der Waals surface area contributed by atoms with E-state index in [9.17, 15) is 33.1 Å². The maximum Gasteiger partial charge on any atom is 0.397 e. The van der Waals surface area contributed by atoms with E-state index < -0.39 is 59.8 Å². The third-order valence-corrected chi connectivity index (χ3v) is 13.4. The summed E-state index contributed by atoms with van der Waals surface area (Å²) in [6.07, 6.45) is 42.4. The lowest BCUT2D eigenvalue weighted by Gasteiger charge is -2.41. The topological polar surface area (TPSA) is 178 Å². The lowest BCUT2D eigenvalue weighted by atomic mass is 9.99. The van der Waals surface area contributed by atoms with E-state index in [1.54, 1.807) is 0 Å². The molecule has 6 atom stereocenters. The maximum absolute atomic E-state index is 12.9. The fourth-order valence-corrected chi connectivity index (χ4v) is 9.24. The molecule has 0 aromatic carbocycles. The van der Waals surface area contributed by atoms with Gasteiger partial charge in [-0.3, -0.25) is 9.35 Å². The normalized spacial score (nSPS) is 19.5. The van der Waals surface area contributed by atoms with Gasteiger partial charge in [0.2, 0.25) is 0 Å². The second-order valence-electron chi connectivity index (χ2n) is 19.2. The largest absolute Gasteiger partial charge is 0.457 e. The van der Waals surface area contributed by atoms with Crippen LogP contribution in [0.4, 0.5) is 0 Å². The second kappa shape index (κ2) is 45.0. The van der Waals surface area contributed by atoms with Gasteiger partial charge < -0.3 is 34.3 Å². The van der Waals surface area contributed by atoms with Crippen LogP contribution in [-0.4, -0.2) is 97.5 Å². The third-order valence-electron chi connectivity index (χ3n) is 12.9. The number of esters is 1. The molecule has 0 aromatic rings. The van der Waals surface area contributed by atoms with Crippen molar-refractivity contribution >= 4 is 16.4 Å². The number of allylic oxidation sites excluding steroid dienone is 2. The Morgan fingerprint density at radius 1 is 0.561 bits per heavy atom. The van der Waals surface area contributed by atoms with Crippen molar-refractivity contribution in [1.82, 2.24) is 0 Å². The van der Waals surface area contributed by atoms with Crippen molar-refractivity contribution in [3.63, 3.8) is 0 Å². The molecular weight excluding hydrogens is 861 g/mol. The first kappa shape index (κ1) is 62.9. The van der Waals surface area contributed by atoms with E-state index in [0.717, 1.165) is 38.5 Å². The average Bonchev–Trinajstić information content (AvgIpc) is 3.29. The van der Waals surface area contributed by atoms with E-state index in [4.69, 9.17) is 18.9 Å². The van der Waals surface area contributed by atoms with Gasteiger partial charge in [0.05, 0.1) is 19.8 Å². The Morgan fingerprint density at radius 2 is 0.955 bits per heavy atom. The molecule has 66 heavy (non-hydrogen) atoms. The number of unbranched alkanes of at least 4 members (excludes halogenated alkanes) is 34. The molecule has 1 aliphatic heterocycles. The molecule has 0 saturated carbocycles. The average molecular weight is 963 g/mol. The quantitative estimate of drug-likeness (QED) is 0.0197. The van der Waals surface area contributed by atoms with Crippen LogP contribution in [0, 0.1) is 0 Å². The van der Waals surface area contributed by atoms with Gasteiger partial charge in [-0.05, 0) is 38.5 Å². The maximum atomic E-state index is 12.9. The zero-order chi connectivity index (χ0) is 48.2. The molecule has 13 heteroatoms. The van der Waals surface area contributed by atoms with Crippen molar-refractivity contribution in [3.8, 4) is 0 Å². The molecule has 0 aromatic heterocycles. The lowest BCUT2D eigenvalue weighted by Crippen LogP contribution is -2.60. The highest BCUT2D eigenvalue weighted by molar-refractivity contribution is 7.80. The molecule has 1 rings (SSSR count). The summed E-state index contributed by atoms with van der Waals surface area (Å²) < 4.78 is 59.3. The van der Waals surface area contributed by atoms with Crippen LogP contribution in [0.25, 0.3) is 0 Å². The highest BCUT2D eigenvalue weighted by Gasteiger charge is 2.48. The summed E-state index contributed by atoms with van der Waals surface area (Å²) in [4.78, 5) is 12.9. The van der Waals surface area contributed by atoms with Crippen LogP contribution in [0.2, 0.25) is 0 Å². The number of ether oxygens (including phenoxy) is 4. The van der Waals surface area contributed by atoms with Crippen molar-refractivity contribution in [2.24, 2.45) is 0 Å². The van der Waals surface area contributed by atoms with Gasteiger partial charge in [-0.25, -0.2) is 4.18 Å². The van der Waals surface area contributed by atoms with Gasteiger partial charge in [-0.2, -0.15) is 8.42 Å². The van der Waals surface area contributed by atoms with Gasteiger partial charge in [-0.1, -0.05) is 225 Å². The molecule has 1 aliphatic rings. The fraction of sp³-hybridized carbons (Fsp3) is 0.943. The second-order valence-corrected chi connectivity index (χ2v) is 20.2. The first-order valence-electron chi connectivity index (χ1n) is 27.4. The summed E-state index contributed by atoms with van der Waals surface area (Å²) >= 11 is 0. The van der Waals surface area contributed by atoms with Crippen LogP contribution in [0.5, 0.6) is 0 Å². The number of aliphatic hydroxyl groups excluding tert-OH is 3. The van der Waals surface area contributed by atoms with Gasteiger partial charge in [0, 0.05) is 13.0 Å². The zero-order valence-corrected chi connectivity index (χ0v) is 43.1. The molecule has 392 valence electrons. The van der Waals surface area contributed by atoms with Crippen LogP contribution < -0.4 is 0 Å². The molecule has 0 bridgehead atoms. The monoisotopic (exact) mass is 963 g/mol. The van der Waals surface area contributed by atoms with E-state index in [0.29, 0.717) is 13.0 Å². The first-order valence-corrected chi connectivity index (χ1v) is 28.8. The van der Waals surface area contributed by atoms with Crippen LogP contribution in [0.15, 0.2) is 12.2 Å². The number of carbonyl (C=O) groups is 1. The lowest BCUT2D eigenvalue weighted by molar-refractivity contribution is -0.301. The highest BCUT2D eigenvalue weighted by Crippen LogP contribution is 2.26. The molecule has 0 spiro atoms. The number of aliphatic hydroxyl groups is 3. The number of carbonyl (C=O) groups excluding carboxylic acids is 1. The Morgan fingerprint density at radius 3 is 1.36 bits per heavy atom. The fourth-order valence-electron chi connectivity index (χ4n) is 8.73. The van der Waals surface area contributed by atoms with Gasteiger partial charge >= 0.3 is 16.4 Å². The van der Waals surface area contributed by atoms with E-state index in [-0.39, 0.29) is 19.6 Å². The summed E-state index contributed by atoms with van der Waals surface area (Å²) in [5, 5.41) is 30.8. The van der Waals surface area contributed by atoms with Crippen LogP contribution in [-0.2, 0) is 38.3 Å². The van der Waals surface area contributed by atoms with Gasteiger partial charge in [-0.15, -0.1) is 0 Å². The minimum atomic E-state index is -5.06. The van der Waals surface area contributed by atoms with E-state index in [1.165, 1.54) is 193 Å². The van der Waals surface area contributed by atoms with Crippen LogP contribution in [0.3, 0.4) is 0 Å². The van der Waals surface area contributed by atoms with E-state index >= 15 is 0 Å². The Labute approximate surface area is 404 Å². The molecule has 12 nitrogen and oxygen atoms in total. The van der Waals surface area contributed by atoms with Crippen molar-refractivity contribution < 1.29 is 56.2 Å². The van der Waals surface area contributed by atoms with Crippen LogP contribution in [0.1, 0.15) is 258 Å². The number of hydrogen-bond acceptors (Lipinski definition) is 11. The predicted octanol–water partition coefficient (Wildman–Crippen LogP) is 13.0. The standard InChI is InChI=1S/C53H102O12S/c1-3-5-7-9-11-13-15-17-19-21-23-24-25-26-28-30-32-34-36-38-40-42-49(55)63-47(46-62-53-51(57)52(65-66(58,59)60)50(56)48(44-54)64-53)45-61-43-41-39-37-35-33-31-29-27-22-20-18-16-14-12-10-8-6-4-2/h18,20,47-48,50-54,56-57H,3-17,19,21-46H2,1-2H3,(H,58,59,60)/b20-18-. The van der Waals surface area contributed by atoms with Crippen molar-refractivity contribution in [3.05, 3.63) is 12.2 Å². The van der Waals surface area contributed by atoms with Crippen molar-refractivity contribution in [1.29, 1.82) is 0 Å². The summed E-state index contributed by atoms with van der Waals surface area (Å²) in [5.41, 5.74) is 0. The van der Waals surface area contributed by atoms with E-state index in [1.807, 2.05) is 0 Å². The predicted molar refractivity (Wildman–Crippen MR) is 267 cm³/mol. The van der Waals surface area contributed by atoms with E-state index in [2.05, 4.69) is 30.2 Å². The Kier molecular flexibility index (Phi) is 42.9. The molecule has 0 radical (unpaired) electrons. The summed E-state index contributed by atoms with van der Waals surface area (Å²) in [5.74, 6) is -0.393. The van der Waals surface area contributed by atoms with Crippen molar-refractivity contribution in [2.75, 3.05) is 26.4 Å².